The standard InChI is InChI=1S/C22H33N3O5/c23-21(29)17-1-3-25(4-2-17)19(27)13-30-20(28)12-24-18(26)11-22-8-14-5-15(9-22)7-16(6-14)10-22/h14-17H,1-13H2,(H2,23,29)(H,24,26). The quantitative estimate of drug-likeness (QED) is 0.596. The summed E-state index contributed by atoms with van der Waals surface area (Å²) < 4.78 is 5.04. The van der Waals surface area contributed by atoms with Crippen LogP contribution in [-0.4, -0.2) is 54.8 Å². The van der Waals surface area contributed by atoms with Gasteiger partial charge in [-0.25, -0.2) is 0 Å². The Morgan fingerprint density at radius 1 is 0.967 bits per heavy atom. The molecule has 4 saturated carbocycles. The fourth-order valence-corrected chi connectivity index (χ4v) is 6.78. The summed E-state index contributed by atoms with van der Waals surface area (Å²) in [5.41, 5.74) is 5.43. The molecule has 1 saturated heterocycles. The van der Waals surface area contributed by atoms with Crippen LogP contribution in [0.25, 0.3) is 0 Å². The Hall–Kier alpha value is -2.12. The van der Waals surface area contributed by atoms with Crippen molar-refractivity contribution in [3.63, 3.8) is 0 Å². The maximum atomic E-state index is 12.5. The van der Waals surface area contributed by atoms with E-state index in [2.05, 4.69) is 5.32 Å². The van der Waals surface area contributed by atoms with Gasteiger partial charge in [0.2, 0.25) is 11.8 Å². The number of esters is 1. The number of piperidine rings is 1. The first-order valence-electron chi connectivity index (χ1n) is 11.3. The molecule has 8 nitrogen and oxygen atoms in total. The molecule has 3 N–H and O–H groups in total. The van der Waals surface area contributed by atoms with Gasteiger partial charge in [0.25, 0.3) is 5.91 Å². The molecular weight excluding hydrogens is 386 g/mol. The minimum atomic E-state index is -0.603. The summed E-state index contributed by atoms with van der Waals surface area (Å²) in [5, 5.41) is 2.69. The first-order chi connectivity index (χ1) is 14.3. The fourth-order valence-electron chi connectivity index (χ4n) is 6.78. The van der Waals surface area contributed by atoms with Crippen LogP contribution >= 0.6 is 0 Å². The van der Waals surface area contributed by atoms with Gasteiger partial charge >= 0.3 is 5.97 Å². The van der Waals surface area contributed by atoms with Crippen molar-refractivity contribution in [2.75, 3.05) is 26.2 Å². The first-order valence-corrected chi connectivity index (χ1v) is 11.3. The van der Waals surface area contributed by atoms with Crippen molar-refractivity contribution in [3.8, 4) is 0 Å². The molecule has 0 radical (unpaired) electrons. The number of carbonyl (C=O) groups is 4. The number of hydrogen-bond acceptors (Lipinski definition) is 5. The summed E-state index contributed by atoms with van der Waals surface area (Å²) in [6.45, 7) is 0.324. The number of rotatable bonds is 7. The van der Waals surface area contributed by atoms with E-state index in [1.54, 1.807) is 4.90 Å². The third-order valence-corrected chi connectivity index (χ3v) is 7.74. The summed E-state index contributed by atoms with van der Waals surface area (Å²) in [6, 6.07) is 0. The van der Waals surface area contributed by atoms with Gasteiger partial charge in [0, 0.05) is 25.4 Å². The van der Waals surface area contributed by atoms with Gasteiger partial charge in [0.1, 0.15) is 6.54 Å². The third kappa shape index (κ3) is 4.78. The Bertz CT molecular complexity index is 678. The highest BCUT2D eigenvalue weighted by molar-refractivity contribution is 5.84. The minimum absolute atomic E-state index is 0.0891. The van der Waals surface area contributed by atoms with Gasteiger partial charge < -0.3 is 20.7 Å². The van der Waals surface area contributed by atoms with Crippen LogP contribution in [0.4, 0.5) is 0 Å². The van der Waals surface area contributed by atoms with Crippen molar-refractivity contribution in [1.29, 1.82) is 0 Å². The summed E-state index contributed by atoms with van der Waals surface area (Å²) in [5.74, 6) is 0.849. The number of amides is 3. The maximum Gasteiger partial charge on any atom is 0.325 e. The number of nitrogens with zero attached hydrogens (tertiary/aromatic N) is 1. The van der Waals surface area contributed by atoms with E-state index in [-0.39, 0.29) is 42.2 Å². The Morgan fingerprint density at radius 3 is 2.07 bits per heavy atom. The van der Waals surface area contributed by atoms with Crippen molar-refractivity contribution < 1.29 is 23.9 Å². The molecule has 0 atom stereocenters. The van der Waals surface area contributed by atoms with Crippen molar-refractivity contribution in [1.82, 2.24) is 10.2 Å². The molecule has 0 aromatic heterocycles. The lowest BCUT2D eigenvalue weighted by Crippen LogP contribution is -2.48. The summed E-state index contributed by atoms with van der Waals surface area (Å²) in [7, 11) is 0. The molecule has 3 amide bonds. The summed E-state index contributed by atoms with van der Waals surface area (Å²) in [4.78, 5) is 49.4. The highest BCUT2D eigenvalue weighted by Gasteiger charge is 2.51. The molecule has 0 spiro atoms. The molecule has 1 heterocycles. The normalized spacial score (nSPS) is 32.7. The molecule has 166 valence electrons. The van der Waals surface area contributed by atoms with E-state index >= 15 is 0 Å². The predicted octanol–water partition coefficient (Wildman–Crippen LogP) is 0.976. The Kier molecular flexibility index (Phi) is 6.02. The number of ether oxygens (including phenoxy) is 1. The predicted molar refractivity (Wildman–Crippen MR) is 108 cm³/mol. The van der Waals surface area contributed by atoms with Crippen LogP contribution in [0.5, 0.6) is 0 Å². The zero-order valence-corrected chi connectivity index (χ0v) is 17.6. The average molecular weight is 420 g/mol. The van der Waals surface area contributed by atoms with E-state index in [4.69, 9.17) is 10.5 Å². The molecule has 1 aliphatic heterocycles. The second-order valence-corrected chi connectivity index (χ2v) is 10.1. The van der Waals surface area contributed by atoms with E-state index < -0.39 is 5.97 Å². The Balaban J connectivity index is 1.14. The molecule has 30 heavy (non-hydrogen) atoms. The van der Waals surface area contributed by atoms with E-state index in [0.717, 1.165) is 37.0 Å². The maximum absolute atomic E-state index is 12.5. The molecule has 5 rings (SSSR count). The van der Waals surface area contributed by atoms with E-state index in [1.165, 1.54) is 19.3 Å². The summed E-state index contributed by atoms with van der Waals surface area (Å²) in [6.07, 6.45) is 9.03. The monoisotopic (exact) mass is 419 g/mol. The lowest BCUT2D eigenvalue weighted by atomic mass is 9.49. The zero-order chi connectivity index (χ0) is 21.3. The highest BCUT2D eigenvalue weighted by atomic mass is 16.5. The van der Waals surface area contributed by atoms with Crippen molar-refractivity contribution in [3.05, 3.63) is 0 Å². The van der Waals surface area contributed by atoms with Crippen LogP contribution in [0.3, 0.4) is 0 Å². The molecule has 4 aliphatic carbocycles. The Labute approximate surface area is 177 Å². The molecule has 8 heteroatoms. The Morgan fingerprint density at radius 2 is 1.53 bits per heavy atom. The van der Waals surface area contributed by atoms with Gasteiger partial charge in [-0.1, -0.05) is 0 Å². The fraction of sp³-hybridized carbons (Fsp3) is 0.818. The lowest BCUT2D eigenvalue weighted by Gasteiger charge is -2.56. The van der Waals surface area contributed by atoms with Crippen LogP contribution in [0, 0.1) is 29.1 Å². The van der Waals surface area contributed by atoms with Gasteiger partial charge in [0.05, 0.1) is 0 Å². The molecule has 4 bridgehead atoms. The largest absolute Gasteiger partial charge is 0.454 e. The minimum Gasteiger partial charge on any atom is -0.454 e. The zero-order valence-electron chi connectivity index (χ0n) is 17.6. The summed E-state index contributed by atoms with van der Waals surface area (Å²) >= 11 is 0. The van der Waals surface area contributed by atoms with Crippen molar-refractivity contribution in [2.45, 2.75) is 57.8 Å². The SMILES string of the molecule is NC(=O)C1CCN(C(=O)COC(=O)CNC(=O)CC23CC4CC(CC(C4)C2)C3)CC1. The van der Waals surface area contributed by atoms with Gasteiger partial charge in [-0.05, 0) is 74.5 Å². The average Bonchev–Trinajstić information content (AvgIpc) is 2.69. The molecule has 0 aromatic carbocycles. The molecule has 0 unspecified atom stereocenters. The number of nitrogens with one attached hydrogen (secondary N) is 1. The number of hydrogen-bond donors (Lipinski definition) is 2. The van der Waals surface area contributed by atoms with Crippen LogP contribution in [0.1, 0.15) is 57.8 Å². The van der Waals surface area contributed by atoms with Crippen molar-refractivity contribution in [2.24, 2.45) is 34.8 Å². The number of primary amides is 1. The van der Waals surface area contributed by atoms with Gasteiger partial charge in [-0.15, -0.1) is 0 Å². The second kappa shape index (κ2) is 8.55. The van der Waals surface area contributed by atoms with Gasteiger partial charge in [-0.3, -0.25) is 19.2 Å². The van der Waals surface area contributed by atoms with Crippen LogP contribution in [0.15, 0.2) is 0 Å². The highest BCUT2D eigenvalue weighted by Crippen LogP contribution is 2.61. The van der Waals surface area contributed by atoms with E-state index in [1.807, 2.05) is 0 Å². The van der Waals surface area contributed by atoms with Crippen LogP contribution in [0.2, 0.25) is 0 Å². The number of likely N-dealkylation sites (tertiary alicyclic amines) is 1. The van der Waals surface area contributed by atoms with E-state index in [9.17, 15) is 19.2 Å². The van der Waals surface area contributed by atoms with Gasteiger partial charge in [0.15, 0.2) is 6.61 Å². The first kappa shape index (κ1) is 21.1. The van der Waals surface area contributed by atoms with Crippen molar-refractivity contribution >= 4 is 23.7 Å². The van der Waals surface area contributed by atoms with Crippen LogP contribution < -0.4 is 11.1 Å². The second-order valence-electron chi connectivity index (χ2n) is 10.1. The van der Waals surface area contributed by atoms with Gasteiger partial charge in [-0.2, -0.15) is 0 Å². The molecule has 0 aromatic rings. The molecule has 5 aliphatic rings. The molecular formula is C22H33N3O5. The molecule has 5 fully saturated rings. The number of carbonyl (C=O) groups excluding carboxylic acids is 4. The van der Waals surface area contributed by atoms with E-state index in [0.29, 0.717) is 32.4 Å². The topological polar surface area (TPSA) is 119 Å². The lowest BCUT2D eigenvalue weighted by molar-refractivity contribution is -0.152. The number of nitrogens with two attached hydrogens (primary N) is 1. The third-order valence-electron chi connectivity index (χ3n) is 7.74. The smallest absolute Gasteiger partial charge is 0.325 e. The van der Waals surface area contributed by atoms with Crippen LogP contribution in [-0.2, 0) is 23.9 Å².